The fraction of sp³-hybridized carbons (Fsp3) is 0.739. The highest BCUT2D eigenvalue weighted by Gasteiger charge is 2.59. The van der Waals surface area contributed by atoms with Gasteiger partial charge >= 0.3 is 12.2 Å². The maximum atomic E-state index is 12.3. The third-order valence-corrected chi connectivity index (χ3v) is 6.57. The molecule has 2 amide bonds. The first-order chi connectivity index (χ1) is 17.4. The Kier molecular flexibility index (Phi) is 11.9. The highest BCUT2D eigenvalue weighted by Crippen LogP contribution is 2.38. The Hall–Kier alpha value is -2.16. The minimum absolute atomic E-state index is 0.103. The molecule has 0 aliphatic carbocycles. The second-order valence-corrected chi connectivity index (χ2v) is 10.6. The van der Waals surface area contributed by atoms with E-state index >= 15 is 0 Å². The van der Waals surface area contributed by atoms with Crippen LogP contribution in [0.15, 0.2) is 22.5 Å². The van der Waals surface area contributed by atoms with Crippen molar-refractivity contribution < 1.29 is 29.3 Å². The summed E-state index contributed by atoms with van der Waals surface area (Å²) in [4.78, 5) is 25.5. The van der Waals surface area contributed by atoms with Crippen LogP contribution in [0, 0.1) is 0 Å². The summed E-state index contributed by atoms with van der Waals surface area (Å²) in [6.07, 6.45) is 1.59. The minimum atomic E-state index is -1.69. The van der Waals surface area contributed by atoms with Crippen molar-refractivity contribution in [1.29, 1.82) is 0 Å². The molecule has 37 heavy (non-hydrogen) atoms. The van der Waals surface area contributed by atoms with E-state index in [4.69, 9.17) is 15.2 Å². The average molecular weight is 563 g/mol. The van der Waals surface area contributed by atoms with Gasteiger partial charge in [-0.1, -0.05) is 12.8 Å². The number of unbranched alkanes of at least 4 members (excludes halogenated alkanes) is 3. The number of rotatable bonds is 11. The molecule has 2 rings (SSSR count). The summed E-state index contributed by atoms with van der Waals surface area (Å²) in [5.74, 6) is 0.695. The molecule has 212 valence electrons. The van der Waals surface area contributed by atoms with E-state index in [1.165, 1.54) is 10.8 Å². The van der Waals surface area contributed by atoms with Crippen LogP contribution in [0.4, 0.5) is 9.59 Å². The van der Waals surface area contributed by atoms with Crippen molar-refractivity contribution >= 4 is 37.4 Å². The molecular formula is C23H42N6O6S2. The van der Waals surface area contributed by atoms with E-state index in [-0.39, 0.29) is 12.4 Å². The van der Waals surface area contributed by atoms with E-state index in [0.29, 0.717) is 31.9 Å². The lowest BCUT2D eigenvalue weighted by molar-refractivity contribution is -0.172. The van der Waals surface area contributed by atoms with Gasteiger partial charge in [0.2, 0.25) is 0 Å². The molecule has 14 heteroatoms. The summed E-state index contributed by atoms with van der Waals surface area (Å²) in [6.45, 7) is 6.71. The Balaban J connectivity index is 1.75. The standard InChI is InChI=1S/C23H42N6O6S2/c1-22(2,3)35-21(32)26-10-7-5-4-6-9-25-20(31)34-12-15-19(28-17(24)13-36)23(33)16(30)8-11-29(23)18(14-37)27-15/h13-16,19,27-28,30,33,36-37H,4-12,24H2,1-3H3,(H,25,31)(H,26,32)/t15-,16-,19-,23-/m0/s1. The Morgan fingerprint density at radius 1 is 1.19 bits per heavy atom. The third kappa shape index (κ3) is 8.97. The second-order valence-electron chi connectivity index (χ2n) is 10.1. The summed E-state index contributed by atoms with van der Waals surface area (Å²) in [5.41, 5.74) is 3.69. The first kappa shape index (κ1) is 31.1. The maximum absolute atomic E-state index is 12.3. The molecule has 2 fully saturated rings. The van der Waals surface area contributed by atoms with Gasteiger partial charge in [-0.2, -0.15) is 0 Å². The van der Waals surface area contributed by atoms with Crippen LogP contribution < -0.4 is 27.0 Å². The smallest absolute Gasteiger partial charge is 0.407 e. The molecule has 0 aromatic carbocycles. The molecule has 2 aliphatic rings. The number of nitrogens with zero attached hydrogens (tertiary/aromatic N) is 1. The number of hydrogen-bond donors (Lipinski definition) is 9. The fourth-order valence-corrected chi connectivity index (χ4v) is 4.63. The summed E-state index contributed by atoms with van der Waals surface area (Å²) in [6, 6.07) is -1.44. The number of fused-ring (bicyclic) bond motifs is 1. The number of carbonyl (C=O) groups is 2. The van der Waals surface area contributed by atoms with E-state index in [1.54, 1.807) is 4.90 Å². The van der Waals surface area contributed by atoms with Crippen LogP contribution in [0.1, 0.15) is 52.9 Å². The van der Waals surface area contributed by atoms with Gasteiger partial charge in [-0.15, -0.1) is 25.3 Å². The van der Waals surface area contributed by atoms with Gasteiger partial charge in [-0.3, -0.25) is 0 Å². The quantitative estimate of drug-likeness (QED) is 0.130. The number of aliphatic hydroxyl groups is 2. The molecule has 2 saturated heterocycles. The number of ether oxygens (including phenoxy) is 2. The molecule has 2 aliphatic heterocycles. The molecule has 0 aromatic heterocycles. The van der Waals surface area contributed by atoms with E-state index in [1.807, 2.05) is 20.8 Å². The van der Waals surface area contributed by atoms with Crippen LogP contribution in [0.25, 0.3) is 0 Å². The van der Waals surface area contributed by atoms with Crippen LogP contribution in [-0.2, 0) is 9.47 Å². The number of hydrogen-bond acceptors (Lipinski definition) is 12. The van der Waals surface area contributed by atoms with E-state index in [0.717, 1.165) is 25.7 Å². The predicted molar refractivity (Wildman–Crippen MR) is 147 cm³/mol. The summed E-state index contributed by atoms with van der Waals surface area (Å²) >= 11 is 8.26. The van der Waals surface area contributed by atoms with Gasteiger partial charge in [-0.05, 0) is 40.0 Å². The number of alkyl carbamates (subject to hydrolysis) is 2. The zero-order valence-corrected chi connectivity index (χ0v) is 23.5. The molecule has 0 unspecified atom stereocenters. The minimum Gasteiger partial charge on any atom is -0.447 e. The number of aliphatic hydroxyl groups excluding tert-OH is 1. The fourth-order valence-electron chi connectivity index (χ4n) is 4.34. The first-order valence-electron chi connectivity index (χ1n) is 12.4. The van der Waals surface area contributed by atoms with E-state index < -0.39 is 41.7 Å². The van der Waals surface area contributed by atoms with Crippen molar-refractivity contribution in [3.05, 3.63) is 22.5 Å². The summed E-state index contributed by atoms with van der Waals surface area (Å²) < 4.78 is 10.6. The molecule has 0 radical (unpaired) electrons. The molecule has 0 aromatic rings. The van der Waals surface area contributed by atoms with Gasteiger partial charge in [0.05, 0.1) is 6.04 Å². The molecule has 12 nitrogen and oxygen atoms in total. The van der Waals surface area contributed by atoms with Gasteiger partial charge in [0, 0.05) is 30.5 Å². The lowest BCUT2D eigenvalue weighted by Gasteiger charge is -2.51. The maximum Gasteiger partial charge on any atom is 0.407 e. The zero-order valence-electron chi connectivity index (χ0n) is 21.7. The van der Waals surface area contributed by atoms with Crippen molar-refractivity contribution in [2.45, 2.75) is 82.4 Å². The predicted octanol–water partition coefficient (Wildman–Crippen LogP) is 0.899. The van der Waals surface area contributed by atoms with Crippen LogP contribution in [0.5, 0.6) is 0 Å². The largest absolute Gasteiger partial charge is 0.447 e. The molecule has 0 bridgehead atoms. The topological polar surface area (TPSA) is 170 Å². The highest BCUT2D eigenvalue weighted by molar-refractivity contribution is 7.83. The number of thiol groups is 2. The van der Waals surface area contributed by atoms with Crippen LogP contribution in [0.2, 0.25) is 0 Å². The van der Waals surface area contributed by atoms with Crippen LogP contribution >= 0.6 is 25.3 Å². The van der Waals surface area contributed by atoms with Crippen molar-refractivity contribution in [2.24, 2.45) is 5.73 Å². The SMILES string of the molecule is CC(C)(C)OC(=O)NCCCCCCNC(=O)OC[C@@H]1NC(=CS)N2CC[C@H](O)[C@]2(O)[C@H]1NC(N)=CS. The van der Waals surface area contributed by atoms with Crippen molar-refractivity contribution in [3.8, 4) is 0 Å². The Morgan fingerprint density at radius 3 is 2.38 bits per heavy atom. The average Bonchev–Trinajstić information content (AvgIpc) is 3.14. The van der Waals surface area contributed by atoms with Gasteiger partial charge in [-0.25, -0.2) is 9.59 Å². The lowest BCUT2D eigenvalue weighted by atomic mass is 9.89. The van der Waals surface area contributed by atoms with Gasteiger partial charge < -0.3 is 51.6 Å². The normalized spacial score (nSPS) is 26.8. The van der Waals surface area contributed by atoms with Crippen LogP contribution in [-0.4, -0.2) is 83.1 Å². The molecule has 0 spiro atoms. The molecule has 2 heterocycles. The molecule has 4 atom stereocenters. The van der Waals surface area contributed by atoms with Crippen molar-refractivity contribution in [2.75, 3.05) is 26.2 Å². The third-order valence-electron chi connectivity index (χ3n) is 6.05. The Bertz CT molecular complexity index is 839. The molecular weight excluding hydrogens is 520 g/mol. The second kappa shape index (κ2) is 14.1. The van der Waals surface area contributed by atoms with Gasteiger partial charge in [0.25, 0.3) is 0 Å². The van der Waals surface area contributed by atoms with Crippen molar-refractivity contribution in [3.63, 3.8) is 0 Å². The van der Waals surface area contributed by atoms with E-state index in [2.05, 4.69) is 46.5 Å². The molecule has 8 N–H and O–H groups in total. The van der Waals surface area contributed by atoms with Gasteiger partial charge in [0.1, 0.15) is 36.0 Å². The molecule has 0 saturated carbocycles. The highest BCUT2D eigenvalue weighted by atomic mass is 32.1. The zero-order chi connectivity index (χ0) is 27.6. The number of nitrogens with two attached hydrogens (primary N) is 1. The van der Waals surface area contributed by atoms with Gasteiger partial charge in [0.15, 0.2) is 5.72 Å². The summed E-state index contributed by atoms with van der Waals surface area (Å²) in [7, 11) is 0. The van der Waals surface area contributed by atoms with Crippen molar-refractivity contribution in [1.82, 2.24) is 26.2 Å². The Morgan fingerprint density at radius 2 is 1.81 bits per heavy atom. The Labute approximate surface area is 229 Å². The number of amides is 2. The van der Waals surface area contributed by atoms with Crippen LogP contribution in [0.3, 0.4) is 0 Å². The lowest BCUT2D eigenvalue weighted by Crippen LogP contribution is -2.74. The number of nitrogens with one attached hydrogen (secondary N) is 4. The van der Waals surface area contributed by atoms with E-state index in [9.17, 15) is 19.8 Å². The number of carbonyl (C=O) groups excluding carboxylic acids is 2. The summed E-state index contributed by atoms with van der Waals surface area (Å²) in [5, 5.41) is 36.5. The monoisotopic (exact) mass is 562 g/mol. The first-order valence-corrected chi connectivity index (χ1v) is 13.5.